The summed E-state index contributed by atoms with van der Waals surface area (Å²) in [5.41, 5.74) is 12.3. The van der Waals surface area contributed by atoms with Crippen molar-refractivity contribution < 1.29 is 9.47 Å². The molecule has 8 heteroatoms. The van der Waals surface area contributed by atoms with Gasteiger partial charge in [-0.15, -0.1) is 0 Å². The van der Waals surface area contributed by atoms with Gasteiger partial charge in [-0.2, -0.15) is 10.5 Å². The van der Waals surface area contributed by atoms with Crippen LogP contribution in [0.4, 0.5) is 5.82 Å². The molecule has 0 amide bonds. The summed E-state index contributed by atoms with van der Waals surface area (Å²) in [7, 11) is 1.59. The first-order valence-corrected chi connectivity index (χ1v) is 12.2. The molecule has 0 aliphatic carbocycles. The van der Waals surface area contributed by atoms with Crippen LogP contribution >= 0.6 is 0 Å². The van der Waals surface area contributed by atoms with E-state index in [9.17, 15) is 10.5 Å². The Kier molecular flexibility index (Phi) is 5.52. The van der Waals surface area contributed by atoms with E-state index in [1.165, 1.54) is 0 Å². The Bertz CT molecular complexity index is 2030. The maximum atomic E-state index is 10.4. The second kappa shape index (κ2) is 9.05. The molecule has 188 valence electrons. The third kappa shape index (κ3) is 3.83. The van der Waals surface area contributed by atoms with Gasteiger partial charge >= 0.3 is 0 Å². The van der Waals surface area contributed by atoms with E-state index < -0.39 is 0 Å². The monoisotopic (exact) mass is 510 g/mol. The Morgan fingerprint density at radius 2 is 1.49 bits per heavy atom. The molecule has 8 nitrogen and oxygen atoms in total. The number of hydrogen-bond donors (Lipinski definition) is 1. The van der Waals surface area contributed by atoms with E-state index in [1.54, 1.807) is 35.8 Å². The van der Waals surface area contributed by atoms with E-state index in [-0.39, 0.29) is 22.8 Å². The summed E-state index contributed by atoms with van der Waals surface area (Å²) in [4.78, 5) is 9.56. The fourth-order valence-electron chi connectivity index (χ4n) is 4.86. The van der Waals surface area contributed by atoms with E-state index in [0.717, 1.165) is 22.0 Å². The number of aryl methyl sites for hydroxylation is 2. The fourth-order valence-corrected chi connectivity index (χ4v) is 4.86. The lowest BCUT2D eigenvalue weighted by atomic mass is 9.95. The van der Waals surface area contributed by atoms with Crippen LogP contribution < -0.4 is 15.2 Å². The van der Waals surface area contributed by atoms with Gasteiger partial charge in [0.15, 0.2) is 5.65 Å². The van der Waals surface area contributed by atoms with Crippen LogP contribution in [-0.4, -0.2) is 21.5 Å². The molecule has 0 aliphatic rings. The molecule has 2 N–H and O–H groups in total. The van der Waals surface area contributed by atoms with Crippen LogP contribution in [0, 0.1) is 36.5 Å². The van der Waals surface area contributed by atoms with E-state index in [2.05, 4.69) is 12.1 Å². The lowest BCUT2D eigenvalue weighted by Crippen LogP contribution is -2.06. The summed E-state index contributed by atoms with van der Waals surface area (Å²) >= 11 is 0. The van der Waals surface area contributed by atoms with Gasteiger partial charge in [0.05, 0.1) is 23.7 Å². The van der Waals surface area contributed by atoms with Gasteiger partial charge in [0.2, 0.25) is 5.88 Å². The number of hydrogen-bond acceptors (Lipinski definition) is 7. The first-order valence-electron chi connectivity index (χ1n) is 12.2. The Morgan fingerprint density at radius 1 is 0.795 bits per heavy atom. The summed E-state index contributed by atoms with van der Waals surface area (Å²) in [5, 5.41) is 21.6. The maximum Gasteiger partial charge on any atom is 0.227 e. The number of nitrogen functional groups attached to an aromatic ring is 1. The molecule has 0 saturated heterocycles. The summed E-state index contributed by atoms with van der Waals surface area (Å²) in [6, 6.07) is 25.1. The average molecular weight is 511 g/mol. The van der Waals surface area contributed by atoms with Crippen LogP contribution in [0.15, 0.2) is 66.7 Å². The van der Waals surface area contributed by atoms with Gasteiger partial charge in [-0.1, -0.05) is 17.7 Å². The third-order valence-electron chi connectivity index (χ3n) is 6.73. The summed E-state index contributed by atoms with van der Waals surface area (Å²) in [6.07, 6.45) is 0. The predicted molar refractivity (Wildman–Crippen MR) is 150 cm³/mol. The number of imidazole rings is 1. The number of nitrogens with zero attached hydrogens (tertiary/aromatic N) is 5. The second-order valence-electron chi connectivity index (χ2n) is 9.31. The highest BCUT2D eigenvalue weighted by Crippen LogP contribution is 2.42. The highest BCUT2D eigenvalue weighted by Gasteiger charge is 2.26. The van der Waals surface area contributed by atoms with Crippen LogP contribution in [0.5, 0.6) is 17.4 Å². The number of fused-ring (bicyclic) bond motifs is 4. The van der Waals surface area contributed by atoms with Crippen LogP contribution in [0.2, 0.25) is 0 Å². The van der Waals surface area contributed by atoms with Gasteiger partial charge < -0.3 is 15.2 Å². The highest BCUT2D eigenvalue weighted by molar-refractivity contribution is 5.96. The number of nitriles is 2. The normalized spacial score (nSPS) is 11.0. The van der Waals surface area contributed by atoms with E-state index in [0.29, 0.717) is 39.3 Å². The summed E-state index contributed by atoms with van der Waals surface area (Å²) in [6.45, 7) is 3.96. The molecule has 39 heavy (non-hydrogen) atoms. The van der Waals surface area contributed by atoms with Crippen LogP contribution in [0.1, 0.15) is 22.3 Å². The molecule has 0 aliphatic heterocycles. The highest BCUT2D eigenvalue weighted by atomic mass is 16.5. The van der Waals surface area contributed by atoms with Crippen molar-refractivity contribution in [2.24, 2.45) is 0 Å². The van der Waals surface area contributed by atoms with Crippen molar-refractivity contribution in [2.45, 2.75) is 13.8 Å². The number of nitrogens with two attached hydrogens (primary N) is 1. The number of pyridine rings is 2. The first kappa shape index (κ1) is 23.8. The zero-order valence-electron chi connectivity index (χ0n) is 21.5. The van der Waals surface area contributed by atoms with Crippen molar-refractivity contribution in [3.8, 4) is 40.6 Å². The second-order valence-corrected chi connectivity index (χ2v) is 9.31. The number of anilines is 1. The molecule has 0 radical (unpaired) electrons. The molecule has 3 heterocycles. The largest absolute Gasteiger partial charge is 0.497 e. The predicted octanol–water partition coefficient (Wildman–Crippen LogP) is 6.45. The van der Waals surface area contributed by atoms with Crippen molar-refractivity contribution in [1.29, 1.82) is 10.5 Å². The Hall–Kier alpha value is -5.60. The number of ether oxygens (including phenoxy) is 2. The van der Waals surface area contributed by atoms with E-state index >= 15 is 0 Å². The molecule has 6 rings (SSSR count). The lowest BCUT2D eigenvalue weighted by Gasteiger charge is -2.17. The van der Waals surface area contributed by atoms with Crippen LogP contribution in [0.3, 0.4) is 0 Å². The van der Waals surface area contributed by atoms with Crippen LogP contribution in [-0.2, 0) is 0 Å². The molecule has 6 aromatic rings. The van der Waals surface area contributed by atoms with Gasteiger partial charge in [-0.25, -0.2) is 9.97 Å². The topological polar surface area (TPSA) is 122 Å². The maximum absolute atomic E-state index is 10.4. The van der Waals surface area contributed by atoms with Crippen molar-refractivity contribution in [2.75, 3.05) is 12.8 Å². The van der Waals surface area contributed by atoms with Crippen molar-refractivity contribution >= 4 is 33.4 Å². The SMILES string of the molecule is COc1ccc(Oc2nc3ccc(C)cc3cc2-c2c(C#N)c(N)n3c(nc4cc(C)ccc43)c2C#N)cc1. The number of aromatic nitrogens is 3. The molecule has 3 aromatic carbocycles. The zero-order valence-corrected chi connectivity index (χ0v) is 21.5. The average Bonchev–Trinajstić information content (AvgIpc) is 3.31. The Morgan fingerprint density at radius 3 is 2.21 bits per heavy atom. The van der Waals surface area contributed by atoms with Crippen molar-refractivity contribution in [3.63, 3.8) is 0 Å². The zero-order chi connectivity index (χ0) is 27.3. The number of rotatable bonds is 4. The summed E-state index contributed by atoms with van der Waals surface area (Å²) in [5.74, 6) is 1.62. The molecule has 0 spiro atoms. The van der Waals surface area contributed by atoms with Gasteiger partial charge in [0, 0.05) is 16.5 Å². The molecule has 0 bridgehead atoms. The van der Waals surface area contributed by atoms with Gasteiger partial charge in [0.1, 0.15) is 40.6 Å². The smallest absolute Gasteiger partial charge is 0.227 e. The third-order valence-corrected chi connectivity index (χ3v) is 6.73. The number of benzene rings is 3. The fraction of sp³-hybridized carbons (Fsp3) is 0.0968. The lowest BCUT2D eigenvalue weighted by molar-refractivity contribution is 0.412. The minimum absolute atomic E-state index is 0.146. The molecule has 0 saturated carbocycles. The molecular formula is C31H22N6O2. The van der Waals surface area contributed by atoms with E-state index in [1.807, 2.05) is 56.3 Å². The summed E-state index contributed by atoms with van der Waals surface area (Å²) < 4.78 is 13.2. The van der Waals surface area contributed by atoms with Gasteiger partial charge in [-0.05, 0) is 74.0 Å². The van der Waals surface area contributed by atoms with Crippen molar-refractivity contribution in [3.05, 3.63) is 89.0 Å². The van der Waals surface area contributed by atoms with Gasteiger partial charge in [0.25, 0.3) is 0 Å². The minimum Gasteiger partial charge on any atom is -0.497 e. The minimum atomic E-state index is 0.146. The quantitative estimate of drug-likeness (QED) is 0.289. The molecular weight excluding hydrogens is 488 g/mol. The number of methoxy groups -OCH3 is 1. The standard InChI is InChI=1S/C31H22N6O2/c1-17-4-10-25-19(12-17)14-22(31(36-25)39-21-8-6-20(38-3)7-9-21)28-23(15-32)29(34)37-27-11-5-18(2)13-26(27)35-30(37)24(28)16-33/h4-14H,34H2,1-3H3. The Balaban J connectivity index is 1.70. The molecule has 0 fully saturated rings. The van der Waals surface area contributed by atoms with Crippen LogP contribution in [0.25, 0.3) is 38.7 Å². The van der Waals surface area contributed by atoms with Gasteiger partial charge in [-0.3, -0.25) is 4.40 Å². The molecule has 0 atom stereocenters. The Labute approximate surface area is 224 Å². The van der Waals surface area contributed by atoms with Crippen molar-refractivity contribution in [1.82, 2.24) is 14.4 Å². The molecule has 0 unspecified atom stereocenters. The first-order chi connectivity index (χ1) is 18.9. The van der Waals surface area contributed by atoms with E-state index in [4.69, 9.17) is 25.2 Å². The molecule has 3 aromatic heterocycles.